The van der Waals surface area contributed by atoms with Gasteiger partial charge in [0, 0.05) is 43.8 Å². The number of hydrogen-bond acceptors (Lipinski definition) is 4. The van der Waals surface area contributed by atoms with Crippen LogP contribution in [0.1, 0.15) is 24.8 Å². The van der Waals surface area contributed by atoms with Gasteiger partial charge in [0.2, 0.25) is 11.8 Å². The molecule has 2 aromatic rings. The summed E-state index contributed by atoms with van der Waals surface area (Å²) >= 11 is 5.46. The standard InChI is InChI=1S/C24H29N5O2S/c30-22(25-14-17-7-3-1-4-8-17)12-11-20-15-26-23(31)21-13-19(16-29(20)21)28-24(32)27-18-9-5-2-6-10-18/h1-10,19-21H,11-16H2,(H,25,30)(H,26,31)(H2,27,28,32)/t19-,20+,21-/m0/s1. The second-order valence-electron chi connectivity index (χ2n) is 8.31. The van der Waals surface area contributed by atoms with Gasteiger partial charge in [-0.15, -0.1) is 0 Å². The molecule has 0 saturated carbocycles. The second kappa shape index (κ2) is 10.6. The number of para-hydroxylation sites is 1. The van der Waals surface area contributed by atoms with E-state index < -0.39 is 0 Å². The molecule has 3 atom stereocenters. The summed E-state index contributed by atoms with van der Waals surface area (Å²) in [6.45, 7) is 1.83. The average Bonchev–Trinajstić information content (AvgIpc) is 3.23. The summed E-state index contributed by atoms with van der Waals surface area (Å²) in [5.41, 5.74) is 2.01. The van der Waals surface area contributed by atoms with Crippen LogP contribution in [0.15, 0.2) is 60.7 Å². The zero-order valence-corrected chi connectivity index (χ0v) is 18.7. The lowest BCUT2D eigenvalue weighted by molar-refractivity contribution is -0.129. The predicted octanol–water partition coefficient (Wildman–Crippen LogP) is 2.01. The van der Waals surface area contributed by atoms with Crippen LogP contribution >= 0.6 is 12.2 Å². The Hall–Kier alpha value is -2.97. The minimum atomic E-state index is -0.182. The number of nitrogens with one attached hydrogen (secondary N) is 4. The maximum atomic E-state index is 12.4. The molecule has 2 fully saturated rings. The molecule has 2 amide bonds. The topological polar surface area (TPSA) is 85.5 Å². The van der Waals surface area contributed by atoms with Crippen molar-refractivity contribution in [1.82, 2.24) is 20.9 Å². The zero-order chi connectivity index (χ0) is 22.3. The summed E-state index contributed by atoms with van der Waals surface area (Å²) in [6.07, 6.45) is 1.83. The van der Waals surface area contributed by atoms with Crippen molar-refractivity contribution in [2.24, 2.45) is 0 Å². The number of anilines is 1. The molecule has 4 N–H and O–H groups in total. The first-order chi connectivity index (χ1) is 15.6. The number of nitrogens with zero attached hydrogens (tertiary/aromatic N) is 1. The summed E-state index contributed by atoms with van der Waals surface area (Å²) < 4.78 is 0. The highest BCUT2D eigenvalue weighted by molar-refractivity contribution is 7.80. The first kappa shape index (κ1) is 22.2. The van der Waals surface area contributed by atoms with Crippen molar-refractivity contribution in [2.45, 2.75) is 43.9 Å². The van der Waals surface area contributed by atoms with Crippen LogP contribution in [-0.4, -0.2) is 53.0 Å². The summed E-state index contributed by atoms with van der Waals surface area (Å²) in [7, 11) is 0. The van der Waals surface area contributed by atoms with E-state index >= 15 is 0 Å². The largest absolute Gasteiger partial charge is 0.358 e. The summed E-state index contributed by atoms with van der Waals surface area (Å²) in [4.78, 5) is 27.0. The first-order valence-electron chi connectivity index (χ1n) is 11.0. The van der Waals surface area contributed by atoms with Crippen molar-refractivity contribution in [1.29, 1.82) is 0 Å². The van der Waals surface area contributed by atoms with Gasteiger partial charge >= 0.3 is 0 Å². The Balaban J connectivity index is 1.26. The van der Waals surface area contributed by atoms with Gasteiger partial charge in [-0.1, -0.05) is 48.5 Å². The van der Waals surface area contributed by atoms with Gasteiger partial charge in [-0.2, -0.15) is 0 Å². The number of benzene rings is 2. The number of piperazine rings is 1. The van der Waals surface area contributed by atoms with Gasteiger partial charge in [-0.3, -0.25) is 14.5 Å². The fraction of sp³-hybridized carbons (Fsp3) is 0.375. The van der Waals surface area contributed by atoms with Crippen molar-refractivity contribution in [2.75, 3.05) is 18.4 Å². The van der Waals surface area contributed by atoms with E-state index in [1.165, 1.54) is 0 Å². The molecule has 2 aliphatic heterocycles. The van der Waals surface area contributed by atoms with Crippen LogP contribution in [-0.2, 0) is 16.1 Å². The average molecular weight is 452 g/mol. The van der Waals surface area contributed by atoms with Gasteiger partial charge in [-0.05, 0) is 42.8 Å². The van der Waals surface area contributed by atoms with Crippen LogP contribution in [0.25, 0.3) is 0 Å². The van der Waals surface area contributed by atoms with E-state index in [2.05, 4.69) is 26.2 Å². The zero-order valence-electron chi connectivity index (χ0n) is 17.9. The molecule has 2 heterocycles. The molecule has 0 radical (unpaired) electrons. The third kappa shape index (κ3) is 5.83. The Labute approximate surface area is 193 Å². The highest BCUT2D eigenvalue weighted by Crippen LogP contribution is 2.26. The van der Waals surface area contributed by atoms with E-state index in [9.17, 15) is 9.59 Å². The first-order valence-corrected chi connectivity index (χ1v) is 11.5. The van der Waals surface area contributed by atoms with Gasteiger partial charge in [0.05, 0.1) is 6.04 Å². The summed E-state index contributed by atoms with van der Waals surface area (Å²) in [5.74, 6) is 0.0884. The Kier molecular flexibility index (Phi) is 7.34. The molecule has 0 aromatic heterocycles. The number of thiocarbonyl (C=S) groups is 1. The van der Waals surface area contributed by atoms with E-state index in [0.29, 0.717) is 37.5 Å². The molecule has 2 saturated heterocycles. The van der Waals surface area contributed by atoms with Crippen molar-refractivity contribution in [3.05, 3.63) is 66.2 Å². The molecule has 0 unspecified atom stereocenters. The van der Waals surface area contributed by atoms with E-state index in [1.807, 2.05) is 60.7 Å². The molecule has 168 valence electrons. The van der Waals surface area contributed by atoms with Crippen molar-refractivity contribution >= 4 is 34.8 Å². The SMILES string of the molecule is O=C(CC[C@@H]1CNC(=O)[C@@H]2C[C@H](NC(=S)Nc3ccccc3)CN12)NCc1ccccc1. The number of carbonyl (C=O) groups excluding carboxylic acids is 2. The quantitative estimate of drug-likeness (QED) is 0.482. The van der Waals surface area contributed by atoms with E-state index in [0.717, 1.165) is 17.8 Å². The van der Waals surface area contributed by atoms with Crippen molar-refractivity contribution < 1.29 is 9.59 Å². The Bertz CT molecular complexity index is 940. The normalized spacial score (nSPS) is 22.5. The van der Waals surface area contributed by atoms with Gasteiger partial charge in [0.1, 0.15) is 0 Å². The summed E-state index contributed by atoms with van der Waals surface area (Å²) in [6, 6.07) is 19.7. The monoisotopic (exact) mass is 451 g/mol. The fourth-order valence-corrected chi connectivity index (χ4v) is 4.69. The minimum Gasteiger partial charge on any atom is -0.358 e. The Morgan fingerprint density at radius 2 is 1.81 bits per heavy atom. The van der Waals surface area contributed by atoms with E-state index in [-0.39, 0.29) is 29.9 Å². The number of fused-ring (bicyclic) bond motifs is 1. The van der Waals surface area contributed by atoms with E-state index in [1.54, 1.807) is 0 Å². The molecule has 2 aliphatic rings. The van der Waals surface area contributed by atoms with Crippen LogP contribution < -0.4 is 21.3 Å². The summed E-state index contributed by atoms with van der Waals surface area (Å²) in [5, 5.41) is 13.1. The molecular formula is C24H29N5O2S. The third-order valence-corrected chi connectivity index (χ3v) is 6.25. The van der Waals surface area contributed by atoms with Crippen LogP contribution in [0, 0.1) is 0 Å². The molecule has 0 aliphatic carbocycles. The van der Waals surface area contributed by atoms with Crippen molar-refractivity contribution in [3.63, 3.8) is 0 Å². The van der Waals surface area contributed by atoms with Crippen LogP contribution in [0.5, 0.6) is 0 Å². The highest BCUT2D eigenvalue weighted by atomic mass is 32.1. The second-order valence-corrected chi connectivity index (χ2v) is 8.72. The lowest BCUT2D eigenvalue weighted by Gasteiger charge is -2.37. The maximum absolute atomic E-state index is 12.4. The fourth-order valence-electron chi connectivity index (χ4n) is 4.40. The molecule has 8 heteroatoms. The van der Waals surface area contributed by atoms with Crippen LogP contribution in [0.4, 0.5) is 5.69 Å². The number of rotatable bonds is 7. The molecule has 4 rings (SSSR count). The lowest BCUT2D eigenvalue weighted by atomic mass is 10.0. The van der Waals surface area contributed by atoms with Crippen LogP contribution in [0.3, 0.4) is 0 Å². The Morgan fingerprint density at radius 3 is 2.56 bits per heavy atom. The molecule has 2 aromatic carbocycles. The molecule has 0 bridgehead atoms. The van der Waals surface area contributed by atoms with Gasteiger partial charge in [0.25, 0.3) is 0 Å². The Morgan fingerprint density at radius 1 is 1.09 bits per heavy atom. The number of hydrogen-bond donors (Lipinski definition) is 4. The molecule has 7 nitrogen and oxygen atoms in total. The van der Waals surface area contributed by atoms with Gasteiger partial charge < -0.3 is 21.3 Å². The number of amides is 2. The molecular weight excluding hydrogens is 422 g/mol. The van der Waals surface area contributed by atoms with Gasteiger partial charge in [0.15, 0.2) is 5.11 Å². The van der Waals surface area contributed by atoms with E-state index in [4.69, 9.17) is 12.2 Å². The third-order valence-electron chi connectivity index (χ3n) is 6.03. The minimum absolute atomic E-state index is 0.0319. The predicted molar refractivity (Wildman–Crippen MR) is 129 cm³/mol. The maximum Gasteiger partial charge on any atom is 0.237 e. The van der Waals surface area contributed by atoms with Crippen LogP contribution in [0.2, 0.25) is 0 Å². The molecule has 32 heavy (non-hydrogen) atoms. The number of carbonyl (C=O) groups is 2. The molecule has 0 spiro atoms. The lowest BCUT2D eigenvalue weighted by Crippen LogP contribution is -2.58. The smallest absolute Gasteiger partial charge is 0.237 e. The highest BCUT2D eigenvalue weighted by Gasteiger charge is 2.43. The van der Waals surface area contributed by atoms with Crippen molar-refractivity contribution in [3.8, 4) is 0 Å². The van der Waals surface area contributed by atoms with Gasteiger partial charge in [-0.25, -0.2) is 0 Å².